The van der Waals surface area contributed by atoms with E-state index in [-0.39, 0.29) is 35.5 Å². The van der Waals surface area contributed by atoms with E-state index in [1.165, 1.54) is 36.4 Å². The lowest BCUT2D eigenvalue weighted by Gasteiger charge is -2.28. The summed E-state index contributed by atoms with van der Waals surface area (Å²) in [6.45, 7) is 0.181. The molecule has 3 amide bonds. The molecule has 1 saturated heterocycles. The molecule has 1 heterocycles. The summed E-state index contributed by atoms with van der Waals surface area (Å²) < 4.78 is 26.4. The Balaban J connectivity index is 1.39. The van der Waals surface area contributed by atoms with Gasteiger partial charge in [-0.2, -0.15) is 0 Å². The Bertz CT molecular complexity index is 1060. The van der Waals surface area contributed by atoms with Crippen molar-refractivity contribution in [2.45, 2.75) is 31.1 Å². The van der Waals surface area contributed by atoms with Gasteiger partial charge in [-0.3, -0.25) is 19.3 Å². The van der Waals surface area contributed by atoms with Crippen LogP contribution in [0.4, 0.5) is 13.6 Å². The number of carbonyl (C=O) groups is 3. The quantitative estimate of drug-likeness (QED) is 0.644. The Labute approximate surface area is 188 Å². The number of hydrogen-bond acceptors (Lipinski definition) is 4. The van der Waals surface area contributed by atoms with E-state index in [1.807, 2.05) is 0 Å². The van der Waals surface area contributed by atoms with Gasteiger partial charge in [0.2, 0.25) is 5.91 Å². The van der Waals surface area contributed by atoms with Gasteiger partial charge in [0.1, 0.15) is 11.6 Å². The van der Waals surface area contributed by atoms with Crippen molar-refractivity contribution in [1.29, 1.82) is 0 Å². The minimum Gasteiger partial charge on any atom is -0.354 e. The molecule has 2 aliphatic rings. The first-order valence-electron chi connectivity index (χ1n) is 10.4. The number of rotatable bonds is 6. The standard InChI is InChI=1S/C24H22F2N2O3S/c25-18-7-3-16(4-8-18)15-20-21(29)28(23(31)32-20)14-13-27-22(30)24(11-1-2-12-24)17-5-9-19(26)10-6-17/h3-10,15H,1-2,11-14H2,(H,27,30)/b20-15+. The van der Waals surface area contributed by atoms with Crippen LogP contribution in [-0.4, -0.2) is 35.0 Å². The van der Waals surface area contributed by atoms with Crippen molar-refractivity contribution in [3.63, 3.8) is 0 Å². The molecule has 5 nitrogen and oxygen atoms in total. The van der Waals surface area contributed by atoms with Crippen LogP contribution >= 0.6 is 11.8 Å². The van der Waals surface area contributed by atoms with Gasteiger partial charge in [0.15, 0.2) is 0 Å². The summed E-state index contributed by atoms with van der Waals surface area (Å²) in [6.07, 6.45) is 4.70. The van der Waals surface area contributed by atoms with Crippen LogP contribution in [0.5, 0.6) is 0 Å². The molecule has 0 radical (unpaired) electrons. The average Bonchev–Trinajstić information content (AvgIpc) is 3.37. The van der Waals surface area contributed by atoms with Crippen LogP contribution in [0.15, 0.2) is 53.4 Å². The molecule has 1 saturated carbocycles. The molecule has 0 unspecified atom stereocenters. The fourth-order valence-electron chi connectivity index (χ4n) is 4.25. The van der Waals surface area contributed by atoms with Crippen LogP contribution in [0.3, 0.4) is 0 Å². The third-order valence-corrected chi connectivity index (χ3v) is 6.86. The van der Waals surface area contributed by atoms with Gasteiger partial charge in [0.25, 0.3) is 11.1 Å². The zero-order chi connectivity index (χ0) is 22.7. The summed E-state index contributed by atoms with van der Waals surface area (Å²) in [6, 6.07) is 11.6. The molecular formula is C24H22F2N2O3S. The van der Waals surface area contributed by atoms with Crippen molar-refractivity contribution in [1.82, 2.24) is 10.2 Å². The van der Waals surface area contributed by atoms with E-state index in [1.54, 1.807) is 18.2 Å². The second kappa shape index (κ2) is 9.24. The fraction of sp³-hybridized carbons (Fsp3) is 0.292. The Kier molecular flexibility index (Phi) is 6.41. The highest BCUT2D eigenvalue weighted by Crippen LogP contribution is 2.41. The van der Waals surface area contributed by atoms with E-state index in [0.717, 1.165) is 35.1 Å². The Hall–Kier alpha value is -3.00. The van der Waals surface area contributed by atoms with E-state index in [2.05, 4.69) is 5.32 Å². The molecule has 8 heteroatoms. The Morgan fingerprint density at radius 3 is 2.22 bits per heavy atom. The molecule has 2 aromatic rings. The molecule has 0 aromatic heterocycles. The predicted molar refractivity (Wildman–Crippen MR) is 119 cm³/mol. The topological polar surface area (TPSA) is 66.5 Å². The predicted octanol–water partition coefficient (Wildman–Crippen LogP) is 4.63. The van der Waals surface area contributed by atoms with E-state index >= 15 is 0 Å². The summed E-state index contributed by atoms with van der Waals surface area (Å²) >= 11 is 0.819. The summed E-state index contributed by atoms with van der Waals surface area (Å²) in [5.74, 6) is -1.34. The molecule has 166 valence electrons. The maximum absolute atomic E-state index is 13.3. The number of hydrogen-bond donors (Lipinski definition) is 1. The first-order valence-corrected chi connectivity index (χ1v) is 11.3. The van der Waals surface area contributed by atoms with Crippen molar-refractivity contribution in [2.75, 3.05) is 13.1 Å². The minimum atomic E-state index is -0.713. The van der Waals surface area contributed by atoms with Gasteiger partial charge in [-0.1, -0.05) is 37.1 Å². The molecule has 2 aromatic carbocycles. The zero-order valence-corrected chi connectivity index (χ0v) is 18.1. The van der Waals surface area contributed by atoms with Gasteiger partial charge in [0.05, 0.1) is 10.3 Å². The maximum Gasteiger partial charge on any atom is 0.293 e. The number of nitrogens with one attached hydrogen (secondary N) is 1. The first-order chi connectivity index (χ1) is 15.4. The number of imide groups is 1. The summed E-state index contributed by atoms with van der Waals surface area (Å²) in [4.78, 5) is 39.4. The summed E-state index contributed by atoms with van der Waals surface area (Å²) in [5, 5.41) is 2.46. The minimum absolute atomic E-state index is 0.0522. The highest BCUT2D eigenvalue weighted by atomic mass is 32.2. The van der Waals surface area contributed by atoms with E-state index in [9.17, 15) is 23.2 Å². The van der Waals surface area contributed by atoms with Crippen molar-refractivity contribution in [3.05, 3.63) is 76.2 Å². The number of nitrogens with zero attached hydrogens (tertiary/aromatic N) is 1. The Morgan fingerprint density at radius 2 is 1.59 bits per heavy atom. The number of carbonyl (C=O) groups excluding carboxylic acids is 3. The SMILES string of the molecule is O=C1S/C(=C/c2ccc(F)cc2)C(=O)N1CCNC(=O)C1(c2ccc(F)cc2)CCCC1. The van der Waals surface area contributed by atoms with Gasteiger partial charge in [0, 0.05) is 13.1 Å². The average molecular weight is 457 g/mol. The summed E-state index contributed by atoms with van der Waals surface area (Å²) in [7, 11) is 0. The van der Waals surface area contributed by atoms with Crippen LogP contribution in [0.25, 0.3) is 6.08 Å². The van der Waals surface area contributed by atoms with Crippen molar-refractivity contribution in [3.8, 4) is 0 Å². The van der Waals surface area contributed by atoms with Crippen LogP contribution in [0.1, 0.15) is 36.8 Å². The lowest BCUT2D eigenvalue weighted by atomic mass is 9.78. The molecule has 1 aliphatic heterocycles. The van der Waals surface area contributed by atoms with Crippen molar-refractivity contribution in [2.24, 2.45) is 0 Å². The van der Waals surface area contributed by atoms with Crippen LogP contribution in [0.2, 0.25) is 0 Å². The molecule has 1 aliphatic carbocycles. The molecule has 0 atom stereocenters. The second-order valence-corrected chi connectivity index (χ2v) is 8.93. The second-order valence-electron chi connectivity index (χ2n) is 7.94. The molecule has 0 bridgehead atoms. The molecule has 0 spiro atoms. The molecule has 32 heavy (non-hydrogen) atoms. The van der Waals surface area contributed by atoms with Gasteiger partial charge in [-0.05, 0) is 66.1 Å². The monoisotopic (exact) mass is 456 g/mol. The largest absolute Gasteiger partial charge is 0.354 e. The molecular weight excluding hydrogens is 434 g/mol. The summed E-state index contributed by atoms with van der Waals surface area (Å²) in [5.41, 5.74) is 0.685. The van der Waals surface area contributed by atoms with Crippen molar-refractivity contribution >= 4 is 34.9 Å². The van der Waals surface area contributed by atoms with Crippen LogP contribution < -0.4 is 5.32 Å². The number of benzene rings is 2. The van der Waals surface area contributed by atoms with Gasteiger partial charge < -0.3 is 5.32 Å². The normalized spacial score (nSPS) is 19.1. The van der Waals surface area contributed by atoms with E-state index in [4.69, 9.17) is 0 Å². The fourth-order valence-corrected chi connectivity index (χ4v) is 5.11. The van der Waals surface area contributed by atoms with Crippen LogP contribution in [0, 0.1) is 11.6 Å². The first kappa shape index (κ1) is 22.2. The van der Waals surface area contributed by atoms with Gasteiger partial charge in [-0.15, -0.1) is 0 Å². The molecule has 4 rings (SSSR count). The number of halogens is 2. The highest BCUT2D eigenvalue weighted by Gasteiger charge is 2.43. The highest BCUT2D eigenvalue weighted by molar-refractivity contribution is 8.18. The van der Waals surface area contributed by atoms with Crippen LogP contribution in [-0.2, 0) is 15.0 Å². The third kappa shape index (κ3) is 4.46. The number of amides is 3. The molecule has 2 fully saturated rings. The zero-order valence-electron chi connectivity index (χ0n) is 17.3. The van der Waals surface area contributed by atoms with Crippen molar-refractivity contribution < 1.29 is 23.2 Å². The van der Waals surface area contributed by atoms with E-state index < -0.39 is 16.6 Å². The van der Waals surface area contributed by atoms with Gasteiger partial charge in [-0.25, -0.2) is 8.78 Å². The van der Waals surface area contributed by atoms with Gasteiger partial charge >= 0.3 is 0 Å². The lowest BCUT2D eigenvalue weighted by molar-refractivity contribution is -0.127. The number of thioether (sulfide) groups is 1. The Morgan fingerprint density at radius 1 is 1.00 bits per heavy atom. The van der Waals surface area contributed by atoms with E-state index in [0.29, 0.717) is 18.4 Å². The smallest absolute Gasteiger partial charge is 0.293 e. The third-order valence-electron chi connectivity index (χ3n) is 5.95. The maximum atomic E-state index is 13.3. The molecule has 1 N–H and O–H groups in total. The lowest BCUT2D eigenvalue weighted by Crippen LogP contribution is -2.45.